The summed E-state index contributed by atoms with van der Waals surface area (Å²) in [5.41, 5.74) is -0.674. The molecule has 5 heteroatoms. The van der Waals surface area contributed by atoms with E-state index in [1.165, 1.54) is 18.2 Å². The lowest BCUT2D eigenvalue weighted by Gasteiger charge is -1.94. The number of carbonyl (C=O) groups is 1. The van der Waals surface area contributed by atoms with E-state index in [1.807, 2.05) is 13.8 Å². The predicted molar refractivity (Wildman–Crippen MR) is 51.4 cm³/mol. The summed E-state index contributed by atoms with van der Waals surface area (Å²) in [5.74, 6) is -1.29. The number of para-hydroxylation sites is 1. The molecule has 0 saturated heterocycles. The van der Waals surface area contributed by atoms with Crippen molar-refractivity contribution in [3.63, 3.8) is 0 Å². The molecule has 0 aliphatic heterocycles. The second-order valence-corrected chi connectivity index (χ2v) is 2.08. The molecule has 1 rings (SSSR count). The van der Waals surface area contributed by atoms with Crippen molar-refractivity contribution in [1.82, 2.24) is 0 Å². The highest BCUT2D eigenvalue weighted by Gasteiger charge is 2.17. The summed E-state index contributed by atoms with van der Waals surface area (Å²) < 4.78 is 0. The first-order chi connectivity index (χ1) is 6.63. The van der Waals surface area contributed by atoms with E-state index in [4.69, 9.17) is 5.11 Å². The molecular weight excluding hydrogens is 186 g/mol. The first-order valence-corrected chi connectivity index (χ1v) is 4.09. The van der Waals surface area contributed by atoms with E-state index in [-0.39, 0.29) is 11.3 Å². The van der Waals surface area contributed by atoms with E-state index < -0.39 is 10.9 Å². The van der Waals surface area contributed by atoms with Crippen molar-refractivity contribution >= 4 is 11.7 Å². The van der Waals surface area contributed by atoms with Gasteiger partial charge in [-0.1, -0.05) is 26.0 Å². The van der Waals surface area contributed by atoms with E-state index in [9.17, 15) is 14.9 Å². The molecular formula is C9H11NO4. The van der Waals surface area contributed by atoms with Crippen LogP contribution < -0.4 is 0 Å². The molecule has 0 unspecified atom stereocenters. The van der Waals surface area contributed by atoms with Gasteiger partial charge in [0.05, 0.1) is 4.92 Å². The van der Waals surface area contributed by atoms with Crippen LogP contribution in [0.1, 0.15) is 24.2 Å². The Bertz CT molecular complexity index is 302. The minimum absolute atomic E-state index is 0.289. The Morgan fingerprint density at radius 3 is 2.21 bits per heavy atom. The zero-order valence-corrected chi connectivity index (χ0v) is 7.93. The number of nitro benzene ring substituents is 1. The van der Waals surface area contributed by atoms with Crippen molar-refractivity contribution in [2.45, 2.75) is 13.8 Å². The van der Waals surface area contributed by atoms with Gasteiger partial charge in [0, 0.05) is 6.07 Å². The highest BCUT2D eigenvalue weighted by Crippen LogP contribution is 2.16. The highest BCUT2D eigenvalue weighted by atomic mass is 16.6. The van der Waals surface area contributed by atoms with Crippen LogP contribution in [0.25, 0.3) is 0 Å². The van der Waals surface area contributed by atoms with Gasteiger partial charge in [0.15, 0.2) is 0 Å². The van der Waals surface area contributed by atoms with Gasteiger partial charge in [-0.15, -0.1) is 0 Å². The number of carboxylic acid groups (broad SMARTS) is 1. The molecule has 0 bridgehead atoms. The molecule has 76 valence electrons. The van der Waals surface area contributed by atoms with Crippen LogP contribution in [0.3, 0.4) is 0 Å². The number of benzene rings is 1. The Morgan fingerprint density at radius 2 is 1.86 bits per heavy atom. The van der Waals surface area contributed by atoms with Crippen LogP contribution in [0.15, 0.2) is 24.3 Å². The second-order valence-electron chi connectivity index (χ2n) is 2.08. The molecule has 0 heterocycles. The Balaban J connectivity index is 0.000000791. The number of carboxylic acids is 1. The minimum atomic E-state index is -1.29. The van der Waals surface area contributed by atoms with Crippen LogP contribution in [-0.4, -0.2) is 16.0 Å². The zero-order chi connectivity index (χ0) is 11.1. The van der Waals surface area contributed by atoms with Gasteiger partial charge in [-0.2, -0.15) is 0 Å². The van der Waals surface area contributed by atoms with Crippen molar-refractivity contribution in [3.8, 4) is 0 Å². The SMILES string of the molecule is CC.O=C(O)c1ccccc1[N+](=O)[O-]. The molecule has 14 heavy (non-hydrogen) atoms. The second kappa shape index (κ2) is 5.69. The molecule has 0 aliphatic carbocycles. The molecule has 1 N–H and O–H groups in total. The molecule has 0 atom stereocenters. The van der Waals surface area contributed by atoms with Crippen LogP contribution in [0, 0.1) is 10.1 Å². The van der Waals surface area contributed by atoms with E-state index in [0.717, 1.165) is 6.07 Å². The van der Waals surface area contributed by atoms with Crippen molar-refractivity contribution in [2.24, 2.45) is 0 Å². The Labute approximate surface area is 81.1 Å². The smallest absolute Gasteiger partial charge is 0.342 e. The lowest BCUT2D eigenvalue weighted by Crippen LogP contribution is -2.01. The molecule has 1 aromatic carbocycles. The number of nitro groups is 1. The maximum absolute atomic E-state index is 10.4. The van der Waals surface area contributed by atoms with E-state index in [0.29, 0.717) is 0 Å². The number of aromatic carboxylic acids is 1. The van der Waals surface area contributed by atoms with Crippen molar-refractivity contribution < 1.29 is 14.8 Å². The summed E-state index contributed by atoms with van der Waals surface area (Å²) in [4.78, 5) is 20.0. The molecule has 0 spiro atoms. The molecule has 1 aromatic rings. The topological polar surface area (TPSA) is 80.4 Å². The third-order valence-corrected chi connectivity index (χ3v) is 1.33. The van der Waals surface area contributed by atoms with Crippen LogP contribution >= 0.6 is 0 Å². The molecule has 0 aliphatic rings. The summed E-state index contributed by atoms with van der Waals surface area (Å²) in [6.07, 6.45) is 0. The summed E-state index contributed by atoms with van der Waals surface area (Å²) in [6.45, 7) is 4.00. The maximum atomic E-state index is 10.4. The normalized spacial score (nSPS) is 8.43. The average Bonchev–Trinajstić information content (AvgIpc) is 2.20. The Kier molecular flexibility index (Phi) is 4.91. The van der Waals surface area contributed by atoms with Gasteiger partial charge >= 0.3 is 5.97 Å². The van der Waals surface area contributed by atoms with Crippen LogP contribution in [0.4, 0.5) is 5.69 Å². The third-order valence-electron chi connectivity index (χ3n) is 1.33. The van der Waals surface area contributed by atoms with Crippen LogP contribution in [-0.2, 0) is 0 Å². The fraction of sp³-hybridized carbons (Fsp3) is 0.222. The van der Waals surface area contributed by atoms with Crippen molar-refractivity contribution in [2.75, 3.05) is 0 Å². The lowest BCUT2D eigenvalue weighted by molar-refractivity contribution is -0.385. The molecule has 5 nitrogen and oxygen atoms in total. The average molecular weight is 197 g/mol. The fourth-order valence-corrected chi connectivity index (χ4v) is 0.814. The monoisotopic (exact) mass is 197 g/mol. The summed E-state index contributed by atoms with van der Waals surface area (Å²) in [7, 11) is 0. The molecule has 0 saturated carbocycles. The van der Waals surface area contributed by atoms with Gasteiger partial charge in [-0.3, -0.25) is 10.1 Å². The maximum Gasteiger partial charge on any atom is 0.342 e. The number of rotatable bonds is 2. The van der Waals surface area contributed by atoms with Crippen LogP contribution in [0.2, 0.25) is 0 Å². The third kappa shape index (κ3) is 2.85. The lowest BCUT2D eigenvalue weighted by atomic mass is 10.2. The molecule has 0 radical (unpaired) electrons. The van der Waals surface area contributed by atoms with Crippen molar-refractivity contribution in [3.05, 3.63) is 39.9 Å². The van der Waals surface area contributed by atoms with Gasteiger partial charge in [0.2, 0.25) is 0 Å². The van der Waals surface area contributed by atoms with Gasteiger partial charge in [0.1, 0.15) is 5.56 Å². The standard InChI is InChI=1S/C7H5NO4.C2H6/c9-7(10)5-3-1-2-4-6(5)8(11)12;1-2/h1-4H,(H,9,10);1-2H3. The molecule has 0 fully saturated rings. The molecule has 0 amide bonds. The Morgan fingerprint density at radius 1 is 1.36 bits per heavy atom. The summed E-state index contributed by atoms with van der Waals surface area (Å²) >= 11 is 0. The van der Waals surface area contributed by atoms with Gasteiger partial charge in [0.25, 0.3) is 5.69 Å². The van der Waals surface area contributed by atoms with E-state index >= 15 is 0 Å². The summed E-state index contributed by atoms with van der Waals surface area (Å²) in [6, 6.07) is 5.21. The highest BCUT2D eigenvalue weighted by molar-refractivity contribution is 5.92. The van der Waals surface area contributed by atoms with Gasteiger partial charge < -0.3 is 5.11 Å². The van der Waals surface area contributed by atoms with Gasteiger partial charge in [-0.25, -0.2) is 4.79 Å². The van der Waals surface area contributed by atoms with Crippen LogP contribution in [0.5, 0.6) is 0 Å². The van der Waals surface area contributed by atoms with E-state index in [1.54, 1.807) is 0 Å². The summed E-state index contributed by atoms with van der Waals surface area (Å²) in [5, 5.41) is 18.8. The quantitative estimate of drug-likeness (QED) is 0.582. The number of hydrogen-bond donors (Lipinski definition) is 1. The largest absolute Gasteiger partial charge is 0.477 e. The molecule has 0 aromatic heterocycles. The number of hydrogen-bond acceptors (Lipinski definition) is 3. The fourth-order valence-electron chi connectivity index (χ4n) is 0.814. The van der Waals surface area contributed by atoms with E-state index in [2.05, 4.69) is 0 Å². The first-order valence-electron chi connectivity index (χ1n) is 4.09. The van der Waals surface area contributed by atoms with Crippen molar-refractivity contribution in [1.29, 1.82) is 0 Å². The zero-order valence-electron chi connectivity index (χ0n) is 7.93. The number of nitrogens with zero attached hydrogens (tertiary/aromatic N) is 1. The Hall–Kier alpha value is -1.91. The van der Waals surface area contributed by atoms with Gasteiger partial charge in [-0.05, 0) is 6.07 Å². The minimum Gasteiger partial charge on any atom is -0.477 e. The first kappa shape index (κ1) is 12.1. The predicted octanol–water partition coefficient (Wildman–Crippen LogP) is 2.32.